The minimum absolute atomic E-state index is 0.473. The number of anilines is 1. The van der Waals surface area contributed by atoms with Gasteiger partial charge < -0.3 is 15.2 Å². The van der Waals surface area contributed by atoms with Gasteiger partial charge in [-0.05, 0) is 31.8 Å². The van der Waals surface area contributed by atoms with E-state index in [1.165, 1.54) is 6.33 Å². The summed E-state index contributed by atoms with van der Waals surface area (Å²) >= 11 is 6.32. The molecule has 0 amide bonds. The van der Waals surface area contributed by atoms with Crippen LogP contribution in [0, 0.1) is 0 Å². The van der Waals surface area contributed by atoms with Crippen molar-refractivity contribution in [3.05, 3.63) is 41.9 Å². The Morgan fingerprint density at radius 3 is 2.59 bits per heavy atom. The summed E-state index contributed by atoms with van der Waals surface area (Å²) < 4.78 is 2.12. The molecule has 2 heterocycles. The van der Waals surface area contributed by atoms with Crippen molar-refractivity contribution in [2.75, 3.05) is 26.4 Å². The van der Waals surface area contributed by atoms with E-state index >= 15 is 0 Å². The molecule has 0 saturated heterocycles. The first-order chi connectivity index (χ1) is 10.6. The van der Waals surface area contributed by atoms with Crippen LogP contribution in [0.5, 0.6) is 0 Å². The molecule has 0 atom stereocenters. The van der Waals surface area contributed by atoms with Crippen molar-refractivity contribution in [1.82, 2.24) is 19.4 Å². The molecule has 22 heavy (non-hydrogen) atoms. The maximum Gasteiger partial charge on any atom is 0.145 e. The highest BCUT2D eigenvalue weighted by Crippen LogP contribution is 2.33. The molecule has 114 valence electrons. The Labute approximate surface area is 134 Å². The lowest BCUT2D eigenvalue weighted by Crippen LogP contribution is -2.18. The molecule has 0 bridgehead atoms. The molecule has 0 aliphatic heterocycles. The molecule has 1 aromatic carbocycles. The molecule has 3 aromatic rings. The molecule has 0 unspecified atom stereocenters. The van der Waals surface area contributed by atoms with E-state index in [4.69, 9.17) is 17.3 Å². The molecule has 0 aliphatic carbocycles. The zero-order chi connectivity index (χ0) is 15.7. The third kappa shape index (κ3) is 2.77. The molecule has 3 rings (SSSR count). The van der Waals surface area contributed by atoms with Gasteiger partial charge in [0.2, 0.25) is 0 Å². The van der Waals surface area contributed by atoms with Gasteiger partial charge in [-0.25, -0.2) is 9.97 Å². The Bertz CT molecular complexity index is 792. The van der Waals surface area contributed by atoms with Gasteiger partial charge in [-0.1, -0.05) is 23.7 Å². The van der Waals surface area contributed by atoms with Crippen molar-refractivity contribution in [2.24, 2.45) is 0 Å². The summed E-state index contributed by atoms with van der Waals surface area (Å²) in [6.07, 6.45) is 3.59. The molecule has 2 N–H and O–H groups in total. The van der Waals surface area contributed by atoms with Crippen LogP contribution in [-0.2, 0) is 6.54 Å². The maximum atomic E-state index is 6.32. The zero-order valence-corrected chi connectivity index (χ0v) is 13.4. The van der Waals surface area contributed by atoms with Gasteiger partial charge in [-0.3, -0.25) is 0 Å². The first kappa shape index (κ1) is 14.8. The molecule has 6 heteroatoms. The van der Waals surface area contributed by atoms with E-state index in [2.05, 4.69) is 39.7 Å². The van der Waals surface area contributed by atoms with Gasteiger partial charge in [-0.2, -0.15) is 0 Å². The van der Waals surface area contributed by atoms with Gasteiger partial charge in [0.05, 0.1) is 5.39 Å². The molecule has 2 aromatic heterocycles. The molecular weight excluding hydrogens is 298 g/mol. The summed E-state index contributed by atoms with van der Waals surface area (Å²) in [4.78, 5) is 10.7. The Hall–Kier alpha value is -2.11. The predicted molar refractivity (Wildman–Crippen MR) is 90.9 cm³/mol. The Morgan fingerprint density at radius 1 is 1.18 bits per heavy atom. The van der Waals surface area contributed by atoms with Gasteiger partial charge in [0, 0.05) is 30.5 Å². The van der Waals surface area contributed by atoms with Gasteiger partial charge in [0.15, 0.2) is 0 Å². The van der Waals surface area contributed by atoms with Crippen molar-refractivity contribution >= 4 is 28.3 Å². The van der Waals surface area contributed by atoms with Crippen LogP contribution in [0.3, 0.4) is 0 Å². The number of benzene rings is 1. The Morgan fingerprint density at radius 2 is 1.91 bits per heavy atom. The van der Waals surface area contributed by atoms with Crippen LogP contribution in [0.25, 0.3) is 22.2 Å². The second-order valence-corrected chi connectivity index (χ2v) is 5.88. The fraction of sp³-hybridized carbons (Fsp3) is 0.250. The van der Waals surface area contributed by atoms with Crippen LogP contribution in [0.2, 0.25) is 5.15 Å². The predicted octanol–water partition coefficient (Wildman–Crippen LogP) is 2.90. The van der Waals surface area contributed by atoms with Crippen LogP contribution in [0.1, 0.15) is 0 Å². The van der Waals surface area contributed by atoms with E-state index in [1.807, 2.05) is 24.3 Å². The van der Waals surface area contributed by atoms with Crippen LogP contribution >= 0.6 is 11.6 Å². The summed E-state index contributed by atoms with van der Waals surface area (Å²) in [5.74, 6) is 0. The third-order valence-corrected chi connectivity index (χ3v) is 3.90. The fourth-order valence-electron chi connectivity index (χ4n) is 2.45. The number of nitrogens with two attached hydrogens (primary N) is 1. The van der Waals surface area contributed by atoms with Crippen LogP contribution in [0.15, 0.2) is 36.8 Å². The molecule has 5 nitrogen and oxygen atoms in total. The second kappa shape index (κ2) is 5.94. The van der Waals surface area contributed by atoms with Crippen molar-refractivity contribution in [3.63, 3.8) is 0 Å². The van der Waals surface area contributed by atoms with E-state index in [0.717, 1.165) is 40.9 Å². The first-order valence-electron chi connectivity index (χ1n) is 7.06. The highest BCUT2D eigenvalue weighted by molar-refractivity contribution is 6.35. The number of aromatic nitrogens is 3. The van der Waals surface area contributed by atoms with Crippen LogP contribution in [-0.4, -0.2) is 40.1 Å². The maximum absolute atomic E-state index is 6.32. The minimum atomic E-state index is 0.473. The first-order valence-corrected chi connectivity index (χ1v) is 7.44. The highest BCUT2D eigenvalue weighted by Gasteiger charge is 2.15. The normalized spacial score (nSPS) is 11.5. The summed E-state index contributed by atoms with van der Waals surface area (Å²) in [5, 5.41) is 1.35. The smallest absolute Gasteiger partial charge is 0.145 e. The molecule has 0 radical (unpaired) electrons. The number of fused-ring (bicyclic) bond motifs is 1. The monoisotopic (exact) mass is 315 g/mol. The Kier molecular flexibility index (Phi) is 4.00. The van der Waals surface area contributed by atoms with E-state index in [0.29, 0.717) is 5.15 Å². The molecular formula is C16H18ClN5. The number of hydrogen-bond acceptors (Lipinski definition) is 4. The lowest BCUT2D eigenvalue weighted by Gasteiger charge is -2.10. The van der Waals surface area contributed by atoms with Crippen molar-refractivity contribution in [1.29, 1.82) is 0 Å². The van der Waals surface area contributed by atoms with Crippen molar-refractivity contribution < 1.29 is 0 Å². The third-order valence-electron chi connectivity index (χ3n) is 3.62. The van der Waals surface area contributed by atoms with Crippen molar-refractivity contribution in [2.45, 2.75) is 6.54 Å². The minimum Gasteiger partial charge on any atom is -0.399 e. The van der Waals surface area contributed by atoms with E-state index in [9.17, 15) is 0 Å². The van der Waals surface area contributed by atoms with Gasteiger partial charge >= 0.3 is 0 Å². The molecule has 0 spiro atoms. The number of rotatable bonds is 4. The van der Waals surface area contributed by atoms with Gasteiger partial charge in [0.25, 0.3) is 0 Å². The van der Waals surface area contributed by atoms with Gasteiger partial charge in [0.1, 0.15) is 17.1 Å². The lowest BCUT2D eigenvalue weighted by atomic mass is 10.1. The quantitative estimate of drug-likeness (QED) is 0.594. The SMILES string of the molecule is CN(C)CCn1cc(-c2ccc(N)cc2)c2c(Cl)ncnc21. The molecule has 0 fully saturated rings. The standard InChI is InChI=1S/C16H18ClN5/c1-21(2)7-8-22-9-13(11-3-5-12(18)6-4-11)14-15(17)19-10-20-16(14)22/h3-6,9-10H,7-8,18H2,1-2H3. The number of halogens is 1. The van der Waals surface area contributed by atoms with Crippen molar-refractivity contribution in [3.8, 4) is 11.1 Å². The average Bonchev–Trinajstić information content (AvgIpc) is 2.86. The summed E-state index contributed by atoms with van der Waals surface area (Å²) in [6.45, 7) is 1.76. The van der Waals surface area contributed by atoms with Crippen LogP contribution < -0.4 is 5.73 Å². The topological polar surface area (TPSA) is 60.0 Å². The van der Waals surface area contributed by atoms with Gasteiger partial charge in [-0.15, -0.1) is 0 Å². The number of nitrogen functional groups attached to an aromatic ring is 1. The van der Waals surface area contributed by atoms with E-state index in [-0.39, 0.29) is 0 Å². The number of hydrogen-bond donors (Lipinski definition) is 1. The second-order valence-electron chi connectivity index (χ2n) is 5.52. The molecule has 0 aliphatic rings. The van der Waals surface area contributed by atoms with E-state index in [1.54, 1.807) is 0 Å². The largest absolute Gasteiger partial charge is 0.399 e. The highest BCUT2D eigenvalue weighted by atomic mass is 35.5. The summed E-state index contributed by atoms with van der Waals surface area (Å²) in [5.41, 5.74) is 9.45. The summed E-state index contributed by atoms with van der Waals surface area (Å²) in [6, 6.07) is 7.75. The Balaban J connectivity index is 2.15. The summed E-state index contributed by atoms with van der Waals surface area (Å²) in [7, 11) is 4.10. The zero-order valence-electron chi connectivity index (χ0n) is 12.6. The molecule has 0 saturated carbocycles. The number of likely N-dealkylation sites (N-methyl/N-ethyl adjacent to an activating group) is 1. The lowest BCUT2D eigenvalue weighted by molar-refractivity contribution is 0.386. The average molecular weight is 316 g/mol. The van der Waals surface area contributed by atoms with Crippen LogP contribution in [0.4, 0.5) is 5.69 Å². The van der Waals surface area contributed by atoms with E-state index < -0.39 is 0 Å². The number of nitrogens with zero attached hydrogens (tertiary/aromatic N) is 4. The fourth-order valence-corrected chi connectivity index (χ4v) is 2.68.